The molecule has 0 aliphatic carbocycles. The van der Waals surface area contributed by atoms with E-state index in [0.29, 0.717) is 11.3 Å². The summed E-state index contributed by atoms with van der Waals surface area (Å²) in [4.78, 5) is 24.2. The summed E-state index contributed by atoms with van der Waals surface area (Å²) in [6, 6.07) is 12.6. The second-order valence-electron chi connectivity index (χ2n) is 7.27. The number of hydrogen-bond acceptors (Lipinski definition) is 4. The van der Waals surface area contributed by atoms with E-state index in [1.54, 1.807) is 38.1 Å². The molecule has 27 heavy (non-hydrogen) atoms. The van der Waals surface area contributed by atoms with Crippen molar-refractivity contribution in [2.45, 2.75) is 33.2 Å². The molecule has 0 saturated carbocycles. The molecule has 2 aromatic rings. The van der Waals surface area contributed by atoms with Crippen LogP contribution in [0.15, 0.2) is 42.5 Å². The third-order valence-electron chi connectivity index (χ3n) is 4.24. The molecular weight excluding hydrogens is 342 g/mol. The van der Waals surface area contributed by atoms with Crippen molar-refractivity contribution in [2.75, 3.05) is 23.8 Å². The van der Waals surface area contributed by atoms with Crippen molar-refractivity contribution in [1.29, 1.82) is 0 Å². The van der Waals surface area contributed by atoms with Gasteiger partial charge in [-0.25, -0.2) is 0 Å². The van der Waals surface area contributed by atoms with Gasteiger partial charge < -0.3 is 21.1 Å². The topological polar surface area (TPSA) is 90.5 Å². The molecule has 0 bridgehead atoms. The Morgan fingerprint density at radius 1 is 0.963 bits per heavy atom. The molecule has 6 nitrogen and oxygen atoms in total. The van der Waals surface area contributed by atoms with E-state index in [4.69, 9.17) is 0 Å². The molecule has 0 radical (unpaired) electrons. The molecular formula is C21H27N3O3. The average Bonchev–Trinajstić information content (AvgIpc) is 2.63. The van der Waals surface area contributed by atoms with E-state index in [2.05, 4.69) is 16.0 Å². The summed E-state index contributed by atoms with van der Waals surface area (Å²) in [5, 5.41) is 17.9. The maximum absolute atomic E-state index is 12.1. The van der Waals surface area contributed by atoms with Crippen LogP contribution in [0.3, 0.4) is 0 Å². The number of nitrogens with one attached hydrogen (secondary N) is 3. The molecule has 0 aliphatic heterocycles. The highest BCUT2D eigenvalue weighted by molar-refractivity contribution is 5.97. The molecule has 6 heteroatoms. The van der Waals surface area contributed by atoms with Crippen molar-refractivity contribution < 1.29 is 14.7 Å². The zero-order valence-corrected chi connectivity index (χ0v) is 16.2. The first-order valence-corrected chi connectivity index (χ1v) is 8.84. The van der Waals surface area contributed by atoms with Gasteiger partial charge in [-0.1, -0.05) is 6.07 Å². The van der Waals surface area contributed by atoms with Gasteiger partial charge in [-0.3, -0.25) is 9.59 Å². The number of amides is 2. The van der Waals surface area contributed by atoms with E-state index in [9.17, 15) is 14.7 Å². The second-order valence-corrected chi connectivity index (χ2v) is 7.27. The number of benzene rings is 2. The zero-order chi connectivity index (χ0) is 20.0. The summed E-state index contributed by atoms with van der Waals surface area (Å²) in [5.74, 6) is -0.449. The number of hydrogen-bond donors (Lipinski definition) is 4. The minimum absolute atomic E-state index is 0.148. The Balaban J connectivity index is 1.89. The fourth-order valence-corrected chi connectivity index (χ4v) is 2.36. The number of aryl methyl sites for hydroxylation is 2. The number of anilines is 2. The maximum atomic E-state index is 12.1. The normalized spacial score (nSPS) is 11.0. The van der Waals surface area contributed by atoms with Crippen molar-refractivity contribution in [3.63, 3.8) is 0 Å². The minimum Gasteiger partial charge on any atom is -0.394 e. The predicted octanol–water partition coefficient (Wildman–Crippen LogP) is 2.85. The van der Waals surface area contributed by atoms with Crippen LogP contribution in [0.25, 0.3) is 0 Å². The molecule has 0 unspecified atom stereocenters. The van der Waals surface area contributed by atoms with Gasteiger partial charge >= 0.3 is 0 Å². The van der Waals surface area contributed by atoms with Gasteiger partial charge in [-0.2, -0.15) is 0 Å². The molecule has 0 saturated heterocycles. The molecule has 0 aliphatic rings. The van der Waals surface area contributed by atoms with E-state index in [-0.39, 0.29) is 25.0 Å². The zero-order valence-electron chi connectivity index (χ0n) is 16.2. The van der Waals surface area contributed by atoms with Crippen LogP contribution in [-0.4, -0.2) is 35.6 Å². The van der Waals surface area contributed by atoms with Gasteiger partial charge in [-0.15, -0.1) is 0 Å². The number of rotatable bonds is 7. The summed E-state index contributed by atoms with van der Waals surface area (Å²) in [7, 11) is 0. The van der Waals surface area contributed by atoms with Crippen LogP contribution >= 0.6 is 0 Å². The van der Waals surface area contributed by atoms with E-state index < -0.39 is 5.54 Å². The lowest BCUT2D eigenvalue weighted by atomic mass is 10.1. The van der Waals surface area contributed by atoms with Crippen molar-refractivity contribution in [1.82, 2.24) is 5.32 Å². The Bertz CT molecular complexity index is 814. The lowest BCUT2D eigenvalue weighted by molar-refractivity contribution is -0.114. The number of aliphatic hydroxyl groups is 1. The summed E-state index contributed by atoms with van der Waals surface area (Å²) >= 11 is 0. The van der Waals surface area contributed by atoms with Crippen LogP contribution in [0.2, 0.25) is 0 Å². The van der Waals surface area contributed by atoms with Crippen LogP contribution < -0.4 is 16.0 Å². The summed E-state index contributed by atoms with van der Waals surface area (Å²) in [5.41, 5.74) is 3.65. The van der Waals surface area contributed by atoms with Crippen molar-refractivity contribution in [3.8, 4) is 0 Å². The second kappa shape index (κ2) is 8.68. The van der Waals surface area contributed by atoms with E-state index in [1.165, 1.54) is 11.1 Å². The number of aliphatic hydroxyl groups excluding tert-OH is 1. The Hall–Kier alpha value is -2.86. The van der Waals surface area contributed by atoms with Crippen molar-refractivity contribution >= 4 is 23.2 Å². The molecule has 2 amide bonds. The predicted molar refractivity (Wildman–Crippen MR) is 108 cm³/mol. The molecule has 0 aromatic heterocycles. The molecule has 0 heterocycles. The van der Waals surface area contributed by atoms with Gasteiger partial charge in [-0.05, 0) is 75.2 Å². The van der Waals surface area contributed by atoms with Gasteiger partial charge in [0, 0.05) is 16.9 Å². The minimum atomic E-state index is -0.691. The Morgan fingerprint density at radius 2 is 1.59 bits per heavy atom. The van der Waals surface area contributed by atoms with Gasteiger partial charge in [0.2, 0.25) is 5.91 Å². The van der Waals surface area contributed by atoms with Gasteiger partial charge in [0.25, 0.3) is 5.91 Å². The van der Waals surface area contributed by atoms with E-state index in [0.717, 1.165) is 5.69 Å². The molecule has 2 rings (SSSR count). The van der Waals surface area contributed by atoms with Crippen LogP contribution in [-0.2, 0) is 4.79 Å². The lowest BCUT2D eigenvalue weighted by Crippen LogP contribution is -2.46. The molecule has 2 aromatic carbocycles. The monoisotopic (exact) mass is 369 g/mol. The average molecular weight is 369 g/mol. The molecule has 0 atom stereocenters. The highest BCUT2D eigenvalue weighted by Crippen LogP contribution is 2.14. The molecule has 4 N–H and O–H groups in total. The van der Waals surface area contributed by atoms with Gasteiger partial charge in [0.15, 0.2) is 0 Å². The van der Waals surface area contributed by atoms with Gasteiger partial charge in [0.05, 0.1) is 18.7 Å². The van der Waals surface area contributed by atoms with Crippen LogP contribution in [0.1, 0.15) is 35.3 Å². The summed E-state index contributed by atoms with van der Waals surface area (Å²) in [6.07, 6.45) is 0. The fraction of sp³-hybridized carbons (Fsp3) is 0.333. The highest BCUT2D eigenvalue weighted by atomic mass is 16.3. The van der Waals surface area contributed by atoms with Crippen molar-refractivity contribution in [3.05, 3.63) is 59.2 Å². The first-order chi connectivity index (χ1) is 12.7. The SMILES string of the molecule is Cc1ccc(NCC(=O)Nc2ccc(C(=O)NC(C)(C)CO)cc2)cc1C. The Morgan fingerprint density at radius 3 is 2.19 bits per heavy atom. The third-order valence-corrected chi connectivity index (χ3v) is 4.24. The van der Waals surface area contributed by atoms with Gasteiger partial charge in [0.1, 0.15) is 0 Å². The fourth-order valence-electron chi connectivity index (χ4n) is 2.36. The quantitative estimate of drug-likeness (QED) is 0.604. The largest absolute Gasteiger partial charge is 0.394 e. The van der Waals surface area contributed by atoms with Crippen molar-refractivity contribution in [2.24, 2.45) is 0 Å². The van der Waals surface area contributed by atoms with Crippen LogP contribution in [0.5, 0.6) is 0 Å². The summed E-state index contributed by atoms with van der Waals surface area (Å²) < 4.78 is 0. The Kier molecular flexibility index (Phi) is 6.58. The Labute approximate surface area is 160 Å². The highest BCUT2D eigenvalue weighted by Gasteiger charge is 2.19. The lowest BCUT2D eigenvalue weighted by Gasteiger charge is -2.23. The maximum Gasteiger partial charge on any atom is 0.251 e. The number of carbonyl (C=O) groups excluding carboxylic acids is 2. The molecule has 144 valence electrons. The van der Waals surface area contributed by atoms with Crippen LogP contribution in [0.4, 0.5) is 11.4 Å². The molecule has 0 fully saturated rings. The number of carbonyl (C=O) groups is 2. The first-order valence-electron chi connectivity index (χ1n) is 8.84. The standard InChI is InChI=1S/C21H27N3O3/c1-14-5-8-18(11-15(14)2)22-12-19(26)23-17-9-6-16(7-10-17)20(27)24-21(3,4)13-25/h5-11,22,25H,12-13H2,1-4H3,(H,23,26)(H,24,27). The van der Waals surface area contributed by atoms with E-state index in [1.807, 2.05) is 32.0 Å². The molecule has 0 spiro atoms. The first kappa shape index (κ1) is 20.5. The smallest absolute Gasteiger partial charge is 0.251 e. The third kappa shape index (κ3) is 6.11. The van der Waals surface area contributed by atoms with E-state index >= 15 is 0 Å². The summed E-state index contributed by atoms with van der Waals surface area (Å²) in [6.45, 7) is 7.54. The van der Waals surface area contributed by atoms with Crippen LogP contribution in [0, 0.1) is 13.8 Å².